The average Bonchev–Trinajstić information content (AvgIpc) is 2.79. The highest BCUT2D eigenvalue weighted by Gasteiger charge is 2.18. The Bertz CT molecular complexity index is 1150. The van der Waals surface area contributed by atoms with E-state index >= 15 is 0 Å². The Balaban J connectivity index is 1.67. The number of hydrogen-bond donors (Lipinski definition) is 2. The zero-order chi connectivity index (χ0) is 23.1. The molecule has 0 saturated heterocycles. The molecule has 0 aliphatic rings. The third-order valence-corrected chi connectivity index (χ3v) is 5.54. The molecule has 11 heteroatoms. The predicted octanol–water partition coefficient (Wildman–Crippen LogP) is 2.70. The highest BCUT2D eigenvalue weighted by molar-refractivity contribution is 7.92. The maximum absolute atomic E-state index is 12.7. The van der Waals surface area contributed by atoms with E-state index in [-0.39, 0.29) is 28.5 Å². The number of hydrogen-bond acceptors (Lipinski definition) is 8. The summed E-state index contributed by atoms with van der Waals surface area (Å²) in [5, 5.41) is 2.69. The van der Waals surface area contributed by atoms with Crippen LogP contribution in [-0.4, -0.2) is 44.6 Å². The van der Waals surface area contributed by atoms with Gasteiger partial charge in [0, 0.05) is 11.8 Å². The molecule has 168 valence electrons. The van der Waals surface area contributed by atoms with Gasteiger partial charge in [0.15, 0.2) is 11.9 Å². The van der Waals surface area contributed by atoms with E-state index in [1.807, 2.05) is 6.07 Å². The number of benzene rings is 2. The van der Waals surface area contributed by atoms with Gasteiger partial charge in [-0.2, -0.15) is 9.97 Å². The molecule has 1 heterocycles. The second kappa shape index (κ2) is 9.96. The third kappa shape index (κ3) is 5.85. The first-order valence-corrected chi connectivity index (χ1v) is 10.9. The largest absolute Gasteiger partial charge is 0.481 e. The molecule has 10 nitrogen and oxygen atoms in total. The Morgan fingerprint density at radius 2 is 1.66 bits per heavy atom. The zero-order valence-corrected chi connectivity index (χ0v) is 18.4. The fourth-order valence-electron chi connectivity index (χ4n) is 2.57. The minimum atomic E-state index is -3.95. The Morgan fingerprint density at radius 3 is 2.28 bits per heavy atom. The third-order valence-electron chi connectivity index (χ3n) is 4.17. The van der Waals surface area contributed by atoms with Crippen LogP contribution in [0, 0.1) is 0 Å². The zero-order valence-electron chi connectivity index (χ0n) is 17.6. The topological polar surface area (TPSA) is 129 Å². The second-order valence-corrected chi connectivity index (χ2v) is 8.16. The molecule has 0 aliphatic heterocycles. The van der Waals surface area contributed by atoms with E-state index in [2.05, 4.69) is 20.0 Å². The summed E-state index contributed by atoms with van der Waals surface area (Å²) < 4.78 is 43.2. The van der Waals surface area contributed by atoms with E-state index in [1.165, 1.54) is 44.6 Å². The van der Waals surface area contributed by atoms with Gasteiger partial charge in [0.25, 0.3) is 15.9 Å². The Hall–Kier alpha value is -3.86. The standard InChI is InChI=1S/C21H22N4O6S/c1-14(31-16-7-5-4-6-8-16)20(26)22-15-9-11-17(12-10-15)32(27,28)25-18-13-19(29-2)24-21(23-18)30-3/h4-14H,1-3H3,(H,22,26)(H,23,24,25)/t14-/m0/s1. The number of nitrogens with one attached hydrogen (secondary N) is 2. The average molecular weight is 458 g/mol. The van der Waals surface area contributed by atoms with Crippen LogP contribution in [0.15, 0.2) is 65.6 Å². The Labute approximate surface area is 185 Å². The maximum atomic E-state index is 12.7. The van der Waals surface area contributed by atoms with Gasteiger partial charge >= 0.3 is 6.01 Å². The molecular weight excluding hydrogens is 436 g/mol. The van der Waals surface area contributed by atoms with Crippen LogP contribution in [-0.2, 0) is 14.8 Å². The minimum absolute atomic E-state index is 0.0158. The summed E-state index contributed by atoms with van der Waals surface area (Å²) >= 11 is 0. The summed E-state index contributed by atoms with van der Waals surface area (Å²) in [6, 6.07) is 15.9. The van der Waals surface area contributed by atoms with Gasteiger partial charge in [0.2, 0.25) is 5.88 Å². The number of aromatic nitrogens is 2. The van der Waals surface area contributed by atoms with Crippen molar-refractivity contribution in [1.82, 2.24) is 9.97 Å². The van der Waals surface area contributed by atoms with Crippen LogP contribution in [0.5, 0.6) is 17.6 Å². The molecule has 0 fully saturated rings. The molecule has 1 atom stereocenters. The number of amides is 1. The van der Waals surface area contributed by atoms with Crippen LogP contribution in [0.25, 0.3) is 0 Å². The van der Waals surface area contributed by atoms with Crippen molar-refractivity contribution in [2.24, 2.45) is 0 Å². The van der Waals surface area contributed by atoms with E-state index < -0.39 is 16.1 Å². The molecule has 0 radical (unpaired) electrons. The normalized spacial score (nSPS) is 11.8. The second-order valence-electron chi connectivity index (χ2n) is 6.47. The first-order chi connectivity index (χ1) is 15.3. The van der Waals surface area contributed by atoms with Crippen LogP contribution in [0.4, 0.5) is 11.5 Å². The number of carbonyl (C=O) groups is 1. The highest BCUT2D eigenvalue weighted by atomic mass is 32.2. The molecule has 0 unspecified atom stereocenters. The first kappa shape index (κ1) is 22.8. The van der Waals surface area contributed by atoms with Gasteiger partial charge in [-0.1, -0.05) is 18.2 Å². The molecule has 1 amide bonds. The molecular formula is C21H22N4O6S. The van der Waals surface area contributed by atoms with Crippen LogP contribution in [0.1, 0.15) is 6.92 Å². The molecule has 0 saturated carbocycles. The number of anilines is 2. The molecule has 0 bridgehead atoms. The lowest BCUT2D eigenvalue weighted by atomic mass is 10.3. The van der Waals surface area contributed by atoms with Crippen LogP contribution < -0.4 is 24.2 Å². The molecule has 2 aromatic carbocycles. The van der Waals surface area contributed by atoms with E-state index in [0.717, 1.165) is 0 Å². The van der Waals surface area contributed by atoms with Crippen molar-refractivity contribution in [2.75, 3.05) is 24.3 Å². The number of sulfonamides is 1. The van der Waals surface area contributed by atoms with Crippen LogP contribution in [0.2, 0.25) is 0 Å². The summed E-state index contributed by atoms with van der Waals surface area (Å²) in [7, 11) is -1.21. The maximum Gasteiger partial charge on any atom is 0.321 e. The van der Waals surface area contributed by atoms with Crippen molar-refractivity contribution in [3.05, 3.63) is 60.7 Å². The summed E-state index contributed by atoms with van der Waals surface area (Å²) in [5.41, 5.74) is 0.419. The first-order valence-electron chi connectivity index (χ1n) is 9.43. The molecule has 32 heavy (non-hydrogen) atoms. The van der Waals surface area contributed by atoms with E-state index in [9.17, 15) is 13.2 Å². The van der Waals surface area contributed by atoms with Crippen molar-refractivity contribution in [1.29, 1.82) is 0 Å². The van der Waals surface area contributed by atoms with Crippen molar-refractivity contribution in [3.63, 3.8) is 0 Å². The van der Waals surface area contributed by atoms with Crippen molar-refractivity contribution < 1.29 is 27.4 Å². The van der Waals surface area contributed by atoms with Gasteiger partial charge < -0.3 is 19.5 Å². The number of methoxy groups -OCH3 is 2. The predicted molar refractivity (Wildman–Crippen MR) is 118 cm³/mol. The fraction of sp³-hybridized carbons (Fsp3) is 0.190. The van der Waals surface area contributed by atoms with Gasteiger partial charge in [-0.05, 0) is 43.3 Å². The smallest absolute Gasteiger partial charge is 0.321 e. The number of nitrogens with zero attached hydrogens (tertiary/aromatic N) is 2. The minimum Gasteiger partial charge on any atom is -0.481 e. The number of ether oxygens (including phenoxy) is 3. The molecule has 3 aromatic rings. The van der Waals surface area contributed by atoms with Crippen LogP contribution in [0.3, 0.4) is 0 Å². The molecule has 3 rings (SSSR count). The monoisotopic (exact) mass is 458 g/mol. The summed E-state index contributed by atoms with van der Waals surface area (Å²) in [6.07, 6.45) is -0.745. The van der Waals surface area contributed by atoms with Gasteiger partial charge in [0.1, 0.15) is 5.75 Å². The fourth-order valence-corrected chi connectivity index (χ4v) is 3.56. The summed E-state index contributed by atoms with van der Waals surface area (Å²) in [5.74, 6) is 0.320. The SMILES string of the molecule is COc1cc(NS(=O)(=O)c2ccc(NC(=O)[C@H](C)Oc3ccccc3)cc2)nc(OC)n1. The number of para-hydroxylation sites is 1. The summed E-state index contributed by atoms with van der Waals surface area (Å²) in [4.78, 5) is 20.2. The highest BCUT2D eigenvalue weighted by Crippen LogP contribution is 2.22. The molecule has 1 aromatic heterocycles. The van der Waals surface area contributed by atoms with E-state index in [0.29, 0.717) is 11.4 Å². The van der Waals surface area contributed by atoms with Gasteiger partial charge in [-0.3, -0.25) is 9.52 Å². The van der Waals surface area contributed by atoms with Crippen molar-refractivity contribution in [3.8, 4) is 17.6 Å². The number of carbonyl (C=O) groups excluding carboxylic acids is 1. The Kier molecular flexibility index (Phi) is 7.11. The number of rotatable bonds is 9. The Morgan fingerprint density at radius 1 is 0.969 bits per heavy atom. The molecule has 0 spiro atoms. The quantitative estimate of drug-likeness (QED) is 0.501. The molecule has 0 aliphatic carbocycles. The van der Waals surface area contributed by atoms with Crippen LogP contribution >= 0.6 is 0 Å². The lowest BCUT2D eigenvalue weighted by Crippen LogP contribution is -2.30. The van der Waals surface area contributed by atoms with Gasteiger partial charge in [-0.15, -0.1) is 0 Å². The van der Waals surface area contributed by atoms with Gasteiger partial charge in [0.05, 0.1) is 19.1 Å². The lowest BCUT2D eigenvalue weighted by molar-refractivity contribution is -0.122. The van der Waals surface area contributed by atoms with E-state index in [4.69, 9.17) is 14.2 Å². The summed E-state index contributed by atoms with van der Waals surface area (Å²) in [6.45, 7) is 1.62. The van der Waals surface area contributed by atoms with Gasteiger partial charge in [-0.25, -0.2) is 8.42 Å². The van der Waals surface area contributed by atoms with Crippen molar-refractivity contribution >= 4 is 27.4 Å². The lowest BCUT2D eigenvalue weighted by Gasteiger charge is -2.15. The van der Waals surface area contributed by atoms with Crippen molar-refractivity contribution in [2.45, 2.75) is 17.9 Å². The van der Waals surface area contributed by atoms with E-state index in [1.54, 1.807) is 31.2 Å². The molecule has 2 N–H and O–H groups in total.